The minimum atomic E-state index is -0.288. The smallest absolute Gasteiger partial charge is 0.255 e. The molecule has 1 saturated heterocycles. The van der Waals surface area contributed by atoms with Crippen molar-refractivity contribution in [3.05, 3.63) is 70.6 Å². The number of anilines is 1. The highest BCUT2D eigenvalue weighted by molar-refractivity contribution is 6.05. The molecule has 0 saturated carbocycles. The van der Waals surface area contributed by atoms with E-state index >= 15 is 0 Å². The standard InChI is InChI=1S/C25H27N3O5/c1-16-21(17(2)33-27-16)15-32-22-11-8-19(14-23(22)31-3)24(29)26-20-9-6-18(7-10-20)25(30)28-12-4-5-13-28/h6-11,14H,4-5,12-13,15H2,1-3H3,(H,26,29). The Hall–Kier alpha value is -3.81. The number of rotatable bonds is 7. The van der Waals surface area contributed by atoms with Crippen molar-refractivity contribution in [2.75, 3.05) is 25.5 Å². The summed E-state index contributed by atoms with van der Waals surface area (Å²) in [7, 11) is 1.52. The number of amides is 2. The second kappa shape index (κ2) is 9.77. The molecule has 0 radical (unpaired) electrons. The number of hydrogen-bond donors (Lipinski definition) is 1. The minimum absolute atomic E-state index is 0.0299. The lowest BCUT2D eigenvalue weighted by atomic mass is 10.1. The fourth-order valence-electron chi connectivity index (χ4n) is 3.79. The van der Waals surface area contributed by atoms with Gasteiger partial charge in [0.05, 0.1) is 18.4 Å². The van der Waals surface area contributed by atoms with Gasteiger partial charge < -0.3 is 24.2 Å². The molecule has 2 heterocycles. The summed E-state index contributed by atoms with van der Waals surface area (Å²) in [5.41, 5.74) is 3.31. The van der Waals surface area contributed by atoms with Gasteiger partial charge in [-0.25, -0.2) is 0 Å². The number of aryl methyl sites for hydroxylation is 2. The summed E-state index contributed by atoms with van der Waals surface area (Å²) < 4.78 is 16.5. The number of aromatic nitrogens is 1. The number of carbonyl (C=O) groups is 2. The highest BCUT2D eigenvalue weighted by atomic mass is 16.5. The van der Waals surface area contributed by atoms with Crippen LogP contribution in [0.1, 0.15) is 50.6 Å². The van der Waals surface area contributed by atoms with E-state index in [1.165, 1.54) is 7.11 Å². The molecule has 8 heteroatoms. The van der Waals surface area contributed by atoms with E-state index in [1.54, 1.807) is 42.5 Å². The summed E-state index contributed by atoms with van der Waals surface area (Å²) in [6, 6.07) is 11.9. The fraction of sp³-hybridized carbons (Fsp3) is 0.320. The van der Waals surface area contributed by atoms with Crippen molar-refractivity contribution in [3.63, 3.8) is 0 Å². The van der Waals surface area contributed by atoms with E-state index in [0.29, 0.717) is 34.1 Å². The zero-order valence-electron chi connectivity index (χ0n) is 19.0. The van der Waals surface area contributed by atoms with E-state index in [-0.39, 0.29) is 18.4 Å². The molecule has 2 amide bonds. The zero-order valence-corrected chi connectivity index (χ0v) is 19.0. The number of ether oxygens (including phenoxy) is 2. The van der Waals surface area contributed by atoms with E-state index in [0.717, 1.165) is 37.2 Å². The molecule has 1 aromatic heterocycles. The SMILES string of the molecule is COc1cc(C(=O)Nc2ccc(C(=O)N3CCCC3)cc2)ccc1OCc1c(C)noc1C. The average Bonchev–Trinajstić information content (AvgIpc) is 3.48. The minimum Gasteiger partial charge on any atom is -0.493 e. The molecule has 0 atom stereocenters. The maximum absolute atomic E-state index is 12.8. The maximum Gasteiger partial charge on any atom is 0.255 e. The topological polar surface area (TPSA) is 93.9 Å². The summed E-state index contributed by atoms with van der Waals surface area (Å²) in [6.07, 6.45) is 2.10. The van der Waals surface area contributed by atoms with Crippen LogP contribution < -0.4 is 14.8 Å². The first-order valence-corrected chi connectivity index (χ1v) is 10.9. The van der Waals surface area contributed by atoms with Crippen molar-refractivity contribution in [1.29, 1.82) is 0 Å². The van der Waals surface area contributed by atoms with Crippen molar-refractivity contribution in [2.45, 2.75) is 33.3 Å². The van der Waals surface area contributed by atoms with Gasteiger partial charge in [0.25, 0.3) is 11.8 Å². The number of benzene rings is 2. The van der Waals surface area contributed by atoms with E-state index in [4.69, 9.17) is 14.0 Å². The summed E-state index contributed by atoms with van der Waals surface area (Å²) in [5, 5.41) is 6.78. The number of likely N-dealkylation sites (tertiary alicyclic amines) is 1. The van der Waals surface area contributed by atoms with Crippen molar-refractivity contribution in [1.82, 2.24) is 10.1 Å². The summed E-state index contributed by atoms with van der Waals surface area (Å²) >= 11 is 0. The monoisotopic (exact) mass is 449 g/mol. The van der Waals surface area contributed by atoms with Crippen LogP contribution in [0.2, 0.25) is 0 Å². The van der Waals surface area contributed by atoms with Gasteiger partial charge in [0.15, 0.2) is 11.5 Å². The van der Waals surface area contributed by atoms with Gasteiger partial charge in [0.2, 0.25) is 0 Å². The van der Waals surface area contributed by atoms with Crippen LogP contribution in [0.15, 0.2) is 47.0 Å². The van der Waals surface area contributed by atoms with Crippen LogP contribution in [0, 0.1) is 13.8 Å². The second-order valence-electron chi connectivity index (χ2n) is 7.99. The number of nitrogens with zero attached hydrogens (tertiary/aromatic N) is 2. The number of methoxy groups -OCH3 is 1. The molecule has 1 aliphatic rings. The van der Waals surface area contributed by atoms with Crippen LogP contribution in [0.5, 0.6) is 11.5 Å². The highest BCUT2D eigenvalue weighted by Gasteiger charge is 2.19. The summed E-state index contributed by atoms with van der Waals surface area (Å²) in [6.45, 7) is 5.58. The first-order valence-electron chi connectivity index (χ1n) is 10.9. The molecule has 0 spiro atoms. The third-order valence-electron chi connectivity index (χ3n) is 5.76. The van der Waals surface area contributed by atoms with Crippen molar-refractivity contribution in [3.8, 4) is 11.5 Å². The number of hydrogen-bond acceptors (Lipinski definition) is 6. The van der Waals surface area contributed by atoms with Gasteiger partial charge in [-0.1, -0.05) is 5.16 Å². The molecule has 33 heavy (non-hydrogen) atoms. The average molecular weight is 450 g/mol. The van der Waals surface area contributed by atoms with Gasteiger partial charge in [0.1, 0.15) is 12.4 Å². The van der Waals surface area contributed by atoms with Crippen LogP contribution in [-0.2, 0) is 6.61 Å². The van der Waals surface area contributed by atoms with Gasteiger partial charge in [-0.15, -0.1) is 0 Å². The van der Waals surface area contributed by atoms with E-state index in [2.05, 4.69) is 10.5 Å². The first kappa shape index (κ1) is 22.4. The van der Waals surface area contributed by atoms with E-state index in [1.807, 2.05) is 18.7 Å². The van der Waals surface area contributed by atoms with Crippen LogP contribution in [0.3, 0.4) is 0 Å². The van der Waals surface area contributed by atoms with Gasteiger partial charge in [-0.3, -0.25) is 9.59 Å². The third kappa shape index (κ3) is 5.00. The number of carbonyl (C=O) groups excluding carboxylic acids is 2. The molecule has 0 unspecified atom stereocenters. The van der Waals surface area contributed by atoms with Crippen molar-refractivity contribution in [2.24, 2.45) is 0 Å². The molecular formula is C25H27N3O5. The van der Waals surface area contributed by atoms with Gasteiger partial charge in [0, 0.05) is 29.9 Å². The zero-order chi connectivity index (χ0) is 23.4. The van der Waals surface area contributed by atoms with Crippen LogP contribution in [0.4, 0.5) is 5.69 Å². The molecule has 3 aromatic rings. The largest absolute Gasteiger partial charge is 0.493 e. The Morgan fingerprint density at radius 3 is 2.36 bits per heavy atom. The molecule has 1 N–H and O–H groups in total. The third-order valence-corrected chi connectivity index (χ3v) is 5.76. The second-order valence-corrected chi connectivity index (χ2v) is 7.99. The molecule has 8 nitrogen and oxygen atoms in total. The summed E-state index contributed by atoms with van der Waals surface area (Å²) in [5.74, 6) is 1.40. The lowest BCUT2D eigenvalue weighted by molar-refractivity contribution is 0.0792. The molecule has 1 fully saturated rings. The van der Waals surface area contributed by atoms with Gasteiger partial charge in [-0.2, -0.15) is 0 Å². The predicted molar refractivity (Wildman–Crippen MR) is 123 cm³/mol. The molecular weight excluding hydrogens is 422 g/mol. The van der Waals surface area contributed by atoms with Crippen LogP contribution >= 0.6 is 0 Å². The number of nitrogens with one attached hydrogen (secondary N) is 1. The Morgan fingerprint density at radius 1 is 1.03 bits per heavy atom. The van der Waals surface area contributed by atoms with Crippen LogP contribution in [-0.4, -0.2) is 42.1 Å². The lowest BCUT2D eigenvalue weighted by Crippen LogP contribution is -2.27. The molecule has 4 rings (SSSR count). The Bertz CT molecular complexity index is 1130. The van der Waals surface area contributed by atoms with Gasteiger partial charge >= 0.3 is 0 Å². The Labute approximate surface area is 192 Å². The Kier molecular flexibility index (Phi) is 6.63. The molecule has 2 aromatic carbocycles. The maximum atomic E-state index is 12.8. The van der Waals surface area contributed by atoms with Crippen molar-refractivity contribution < 1.29 is 23.6 Å². The molecule has 0 bridgehead atoms. The molecule has 172 valence electrons. The van der Waals surface area contributed by atoms with Crippen molar-refractivity contribution >= 4 is 17.5 Å². The van der Waals surface area contributed by atoms with Crippen LogP contribution in [0.25, 0.3) is 0 Å². The lowest BCUT2D eigenvalue weighted by Gasteiger charge is -2.15. The van der Waals surface area contributed by atoms with E-state index in [9.17, 15) is 9.59 Å². The first-order chi connectivity index (χ1) is 16.0. The highest BCUT2D eigenvalue weighted by Crippen LogP contribution is 2.30. The van der Waals surface area contributed by atoms with Gasteiger partial charge in [-0.05, 0) is 69.2 Å². The normalized spacial score (nSPS) is 13.1. The Morgan fingerprint density at radius 2 is 1.73 bits per heavy atom. The summed E-state index contributed by atoms with van der Waals surface area (Å²) in [4.78, 5) is 27.1. The molecule has 1 aliphatic heterocycles. The molecule has 0 aliphatic carbocycles. The van der Waals surface area contributed by atoms with E-state index < -0.39 is 0 Å². The predicted octanol–water partition coefficient (Wildman–Crippen LogP) is 4.37. The fourth-order valence-corrected chi connectivity index (χ4v) is 3.79. The Balaban J connectivity index is 1.41. The quantitative estimate of drug-likeness (QED) is 0.576.